The Balaban J connectivity index is 2.02. The third-order valence-electron chi connectivity index (χ3n) is 2.85. The van der Waals surface area contributed by atoms with Crippen LogP contribution in [0.1, 0.15) is 19.0 Å². The SMILES string of the molecule is CCOC(=O)C[C@H](N)Cc1cc2cc(F)ccc2[nH]1. The first-order chi connectivity index (χ1) is 9.08. The lowest BCUT2D eigenvalue weighted by molar-refractivity contribution is -0.143. The van der Waals surface area contributed by atoms with Crippen molar-refractivity contribution in [2.24, 2.45) is 5.73 Å². The van der Waals surface area contributed by atoms with Crippen molar-refractivity contribution < 1.29 is 13.9 Å². The van der Waals surface area contributed by atoms with Crippen LogP contribution < -0.4 is 5.73 Å². The van der Waals surface area contributed by atoms with Crippen LogP contribution >= 0.6 is 0 Å². The number of aromatic nitrogens is 1. The minimum atomic E-state index is -0.308. The summed E-state index contributed by atoms with van der Waals surface area (Å²) in [6, 6.07) is 6.10. The second-order valence-electron chi connectivity index (χ2n) is 4.50. The molecule has 2 aromatic rings. The van der Waals surface area contributed by atoms with E-state index in [1.807, 2.05) is 6.07 Å². The van der Waals surface area contributed by atoms with Gasteiger partial charge in [0, 0.05) is 29.1 Å². The topological polar surface area (TPSA) is 68.1 Å². The van der Waals surface area contributed by atoms with Crippen LogP contribution in [0.25, 0.3) is 10.9 Å². The first-order valence-corrected chi connectivity index (χ1v) is 6.27. The fraction of sp³-hybridized carbons (Fsp3) is 0.357. The molecule has 1 atom stereocenters. The van der Waals surface area contributed by atoms with Crippen LogP contribution in [0.5, 0.6) is 0 Å². The van der Waals surface area contributed by atoms with Crippen LogP contribution in [-0.2, 0) is 16.0 Å². The third-order valence-corrected chi connectivity index (χ3v) is 2.85. The van der Waals surface area contributed by atoms with Crippen LogP contribution in [0.2, 0.25) is 0 Å². The Morgan fingerprint density at radius 1 is 1.47 bits per heavy atom. The molecule has 2 rings (SSSR count). The Bertz CT molecular complexity index is 580. The summed E-state index contributed by atoms with van der Waals surface area (Å²) in [7, 11) is 0. The predicted molar refractivity (Wildman–Crippen MR) is 71.2 cm³/mol. The lowest BCUT2D eigenvalue weighted by atomic mass is 10.1. The summed E-state index contributed by atoms with van der Waals surface area (Å²) < 4.78 is 17.9. The highest BCUT2D eigenvalue weighted by Gasteiger charge is 2.12. The lowest BCUT2D eigenvalue weighted by Gasteiger charge is -2.09. The first kappa shape index (κ1) is 13.5. The number of ether oxygens (including phenoxy) is 1. The maximum absolute atomic E-state index is 13.1. The number of esters is 1. The van der Waals surface area contributed by atoms with E-state index in [1.54, 1.807) is 13.0 Å². The Labute approximate surface area is 110 Å². The molecule has 0 bridgehead atoms. The average Bonchev–Trinajstić information content (AvgIpc) is 2.70. The van der Waals surface area contributed by atoms with Crippen LogP contribution in [0, 0.1) is 5.82 Å². The number of rotatable bonds is 5. The summed E-state index contributed by atoms with van der Waals surface area (Å²) in [6.45, 7) is 2.12. The van der Waals surface area contributed by atoms with Gasteiger partial charge in [0.1, 0.15) is 5.82 Å². The highest BCUT2D eigenvalue weighted by atomic mass is 19.1. The zero-order valence-electron chi connectivity index (χ0n) is 10.8. The molecule has 1 aromatic heterocycles. The maximum Gasteiger partial charge on any atom is 0.307 e. The van der Waals surface area contributed by atoms with Crippen molar-refractivity contribution in [1.82, 2.24) is 4.98 Å². The quantitative estimate of drug-likeness (QED) is 0.813. The summed E-state index contributed by atoms with van der Waals surface area (Å²) in [6.07, 6.45) is 0.701. The molecule has 0 aliphatic carbocycles. The fourth-order valence-electron chi connectivity index (χ4n) is 2.06. The van der Waals surface area contributed by atoms with Crippen molar-refractivity contribution in [3.63, 3.8) is 0 Å². The zero-order chi connectivity index (χ0) is 13.8. The van der Waals surface area contributed by atoms with Gasteiger partial charge in [-0.25, -0.2) is 4.39 Å². The molecule has 0 aliphatic rings. The summed E-state index contributed by atoms with van der Waals surface area (Å²) in [4.78, 5) is 14.5. The molecular weight excluding hydrogens is 247 g/mol. The minimum absolute atomic E-state index is 0.178. The van der Waals surface area contributed by atoms with E-state index in [2.05, 4.69) is 4.98 Å². The fourth-order valence-corrected chi connectivity index (χ4v) is 2.06. The van der Waals surface area contributed by atoms with E-state index < -0.39 is 0 Å². The molecule has 3 N–H and O–H groups in total. The van der Waals surface area contributed by atoms with E-state index in [9.17, 15) is 9.18 Å². The number of halogens is 1. The van der Waals surface area contributed by atoms with Gasteiger partial charge in [-0.3, -0.25) is 4.79 Å². The molecule has 4 nitrogen and oxygen atoms in total. The number of carbonyl (C=O) groups is 1. The van der Waals surface area contributed by atoms with Gasteiger partial charge >= 0.3 is 5.97 Å². The molecule has 0 spiro atoms. The standard InChI is InChI=1S/C14H17FN2O2/c1-2-19-14(18)8-11(16)7-12-6-9-5-10(15)3-4-13(9)17-12/h3-6,11,17H,2,7-8,16H2,1H3/t11-/m1/s1. The van der Waals surface area contributed by atoms with E-state index in [1.165, 1.54) is 12.1 Å². The van der Waals surface area contributed by atoms with Gasteiger partial charge in [0.15, 0.2) is 0 Å². The highest BCUT2D eigenvalue weighted by molar-refractivity contribution is 5.80. The Hall–Kier alpha value is -1.88. The Kier molecular flexibility index (Phi) is 4.16. The number of H-pyrrole nitrogens is 1. The number of fused-ring (bicyclic) bond motifs is 1. The van der Waals surface area contributed by atoms with Crippen molar-refractivity contribution in [2.75, 3.05) is 6.61 Å². The molecule has 5 heteroatoms. The monoisotopic (exact) mass is 264 g/mol. The molecule has 0 saturated heterocycles. The van der Waals surface area contributed by atoms with E-state index in [4.69, 9.17) is 10.5 Å². The zero-order valence-corrected chi connectivity index (χ0v) is 10.8. The number of hydrogen-bond donors (Lipinski definition) is 2. The molecule has 0 amide bonds. The normalized spacial score (nSPS) is 12.6. The molecule has 19 heavy (non-hydrogen) atoms. The van der Waals surface area contributed by atoms with Crippen molar-refractivity contribution in [3.05, 3.63) is 35.8 Å². The lowest BCUT2D eigenvalue weighted by Crippen LogP contribution is -2.27. The summed E-state index contributed by atoms with van der Waals surface area (Å²) >= 11 is 0. The highest BCUT2D eigenvalue weighted by Crippen LogP contribution is 2.17. The summed E-state index contributed by atoms with van der Waals surface area (Å²) in [5, 5.41) is 0.804. The summed E-state index contributed by atoms with van der Waals surface area (Å²) in [5.41, 5.74) is 7.64. The number of aromatic amines is 1. The molecule has 1 heterocycles. The number of carbonyl (C=O) groups excluding carboxylic acids is 1. The number of nitrogens with two attached hydrogens (primary N) is 1. The van der Waals surface area contributed by atoms with Gasteiger partial charge < -0.3 is 15.5 Å². The van der Waals surface area contributed by atoms with Gasteiger partial charge in [-0.1, -0.05) is 0 Å². The first-order valence-electron chi connectivity index (χ1n) is 6.27. The molecule has 0 fully saturated rings. The second kappa shape index (κ2) is 5.84. The predicted octanol–water partition coefficient (Wildman–Crippen LogP) is 2.13. The molecule has 0 aliphatic heterocycles. The number of benzene rings is 1. The van der Waals surface area contributed by atoms with Gasteiger partial charge in [0.2, 0.25) is 0 Å². The van der Waals surface area contributed by atoms with E-state index in [0.717, 1.165) is 16.6 Å². The van der Waals surface area contributed by atoms with E-state index in [0.29, 0.717) is 13.0 Å². The largest absolute Gasteiger partial charge is 0.466 e. The Morgan fingerprint density at radius 2 is 2.26 bits per heavy atom. The molecular formula is C14H17FN2O2. The molecule has 0 unspecified atom stereocenters. The third kappa shape index (κ3) is 3.54. The van der Waals surface area contributed by atoms with Gasteiger partial charge in [0.25, 0.3) is 0 Å². The van der Waals surface area contributed by atoms with Crippen molar-refractivity contribution >= 4 is 16.9 Å². The molecule has 0 radical (unpaired) electrons. The summed E-state index contributed by atoms with van der Waals surface area (Å²) in [5.74, 6) is -0.564. The molecule has 102 valence electrons. The van der Waals surface area contributed by atoms with Gasteiger partial charge in [-0.2, -0.15) is 0 Å². The van der Waals surface area contributed by atoms with Gasteiger partial charge in [-0.05, 0) is 31.2 Å². The maximum atomic E-state index is 13.1. The van der Waals surface area contributed by atoms with Crippen LogP contribution in [0.15, 0.2) is 24.3 Å². The van der Waals surface area contributed by atoms with Crippen molar-refractivity contribution in [2.45, 2.75) is 25.8 Å². The smallest absolute Gasteiger partial charge is 0.307 e. The number of hydrogen-bond acceptors (Lipinski definition) is 3. The van der Waals surface area contributed by atoms with Gasteiger partial charge in [-0.15, -0.1) is 0 Å². The van der Waals surface area contributed by atoms with Crippen LogP contribution in [-0.4, -0.2) is 23.6 Å². The van der Waals surface area contributed by atoms with Crippen LogP contribution in [0.3, 0.4) is 0 Å². The van der Waals surface area contributed by atoms with Crippen molar-refractivity contribution in [3.8, 4) is 0 Å². The minimum Gasteiger partial charge on any atom is -0.466 e. The number of nitrogens with one attached hydrogen (secondary N) is 1. The second-order valence-corrected chi connectivity index (χ2v) is 4.50. The average molecular weight is 264 g/mol. The van der Waals surface area contributed by atoms with E-state index in [-0.39, 0.29) is 24.2 Å². The van der Waals surface area contributed by atoms with E-state index >= 15 is 0 Å². The van der Waals surface area contributed by atoms with Crippen molar-refractivity contribution in [1.29, 1.82) is 0 Å². The molecule has 0 saturated carbocycles. The Morgan fingerprint density at radius 3 is 3.00 bits per heavy atom. The molecule has 1 aromatic carbocycles. The van der Waals surface area contributed by atoms with Gasteiger partial charge in [0.05, 0.1) is 13.0 Å². The van der Waals surface area contributed by atoms with Crippen LogP contribution in [0.4, 0.5) is 4.39 Å².